The smallest absolute Gasteiger partial charge is 0.282 e. The largest absolute Gasteiger partial charge is 0.331 e. The van der Waals surface area contributed by atoms with Crippen LogP contribution in [0.4, 0.5) is 0 Å². The van der Waals surface area contributed by atoms with Gasteiger partial charge in [0, 0.05) is 27.8 Å². The van der Waals surface area contributed by atoms with Crippen molar-refractivity contribution in [1.82, 2.24) is 4.90 Å². The van der Waals surface area contributed by atoms with Gasteiger partial charge in [0.15, 0.2) is 0 Å². The van der Waals surface area contributed by atoms with E-state index in [2.05, 4.69) is 11.8 Å². The molecule has 4 heteroatoms. The standard InChI is InChI=1S/C22H45NO3/c1-21-15-19-23(20-16-21)18-14-12-10-8-6-5-7-9-11-13-17-22(24-2,25-3)26-4/h21H,5-20H2,1-4H3. The van der Waals surface area contributed by atoms with E-state index in [1.807, 2.05) is 0 Å². The number of ether oxygens (including phenoxy) is 3. The molecule has 1 heterocycles. The van der Waals surface area contributed by atoms with Crippen molar-refractivity contribution in [2.24, 2.45) is 5.92 Å². The number of hydrogen-bond acceptors (Lipinski definition) is 4. The minimum atomic E-state index is -0.841. The maximum Gasteiger partial charge on any atom is 0.282 e. The Kier molecular flexibility index (Phi) is 13.6. The van der Waals surface area contributed by atoms with Crippen LogP contribution in [0.25, 0.3) is 0 Å². The number of rotatable bonds is 16. The highest BCUT2D eigenvalue weighted by Gasteiger charge is 2.28. The predicted octanol–water partition coefficient (Wildman–Crippen LogP) is 5.60. The normalized spacial score (nSPS) is 17.1. The Balaban J connectivity index is 1.82. The van der Waals surface area contributed by atoms with E-state index in [-0.39, 0.29) is 0 Å². The average molecular weight is 372 g/mol. The molecule has 0 aromatic rings. The van der Waals surface area contributed by atoms with Crippen molar-refractivity contribution in [3.63, 3.8) is 0 Å². The predicted molar refractivity (Wildman–Crippen MR) is 109 cm³/mol. The minimum Gasteiger partial charge on any atom is -0.331 e. The molecule has 1 fully saturated rings. The zero-order valence-electron chi connectivity index (χ0n) is 18.1. The summed E-state index contributed by atoms with van der Waals surface area (Å²) >= 11 is 0. The SMILES string of the molecule is COC(CCCCCCCCCCCCN1CCC(C)CC1)(OC)OC. The van der Waals surface area contributed by atoms with E-state index >= 15 is 0 Å². The van der Waals surface area contributed by atoms with E-state index in [0.29, 0.717) is 0 Å². The lowest BCUT2D eigenvalue weighted by Crippen LogP contribution is -2.35. The summed E-state index contributed by atoms with van der Waals surface area (Å²) in [6, 6.07) is 0. The van der Waals surface area contributed by atoms with E-state index in [0.717, 1.165) is 18.8 Å². The van der Waals surface area contributed by atoms with Crippen molar-refractivity contribution in [3.8, 4) is 0 Å². The number of nitrogens with zero attached hydrogens (tertiary/aromatic N) is 1. The molecule has 1 aliphatic rings. The van der Waals surface area contributed by atoms with E-state index < -0.39 is 5.97 Å². The fraction of sp³-hybridized carbons (Fsp3) is 1.00. The summed E-state index contributed by atoms with van der Waals surface area (Å²) in [4.78, 5) is 2.67. The Hall–Kier alpha value is -0.160. The molecular formula is C22H45NO3. The summed E-state index contributed by atoms with van der Waals surface area (Å²) in [6.45, 7) is 6.39. The number of piperidine rings is 1. The maximum atomic E-state index is 5.32. The van der Waals surface area contributed by atoms with Crippen molar-refractivity contribution >= 4 is 0 Å². The zero-order valence-corrected chi connectivity index (χ0v) is 18.1. The molecule has 1 rings (SSSR count). The van der Waals surface area contributed by atoms with E-state index in [4.69, 9.17) is 14.2 Å². The fourth-order valence-corrected chi connectivity index (χ4v) is 3.93. The van der Waals surface area contributed by atoms with Gasteiger partial charge in [-0.15, -0.1) is 0 Å². The Morgan fingerprint density at radius 2 is 1.12 bits per heavy atom. The van der Waals surface area contributed by atoms with Crippen LogP contribution in [0.2, 0.25) is 0 Å². The lowest BCUT2D eigenvalue weighted by atomic mass is 9.99. The van der Waals surface area contributed by atoms with Crippen LogP contribution in [-0.4, -0.2) is 51.8 Å². The van der Waals surface area contributed by atoms with Crippen LogP contribution in [0, 0.1) is 5.92 Å². The van der Waals surface area contributed by atoms with E-state index in [9.17, 15) is 0 Å². The number of hydrogen-bond donors (Lipinski definition) is 0. The van der Waals surface area contributed by atoms with Crippen molar-refractivity contribution < 1.29 is 14.2 Å². The molecule has 0 atom stereocenters. The summed E-state index contributed by atoms with van der Waals surface area (Å²) in [5.74, 6) is 0.112. The second-order valence-corrected chi connectivity index (χ2v) is 8.11. The summed E-state index contributed by atoms with van der Waals surface area (Å²) in [5.41, 5.74) is 0. The van der Waals surface area contributed by atoms with Crippen LogP contribution in [0.3, 0.4) is 0 Å². The van der Waals surface area contributed by atoms with E-state index in [1.54, 1.807) is 21.3 Å². The van der Waals surface area contributed by atoms with Gasteiger partial charge in [-0.1, -0.05) is 58.3 Å². The molecule has 0 radical (unpaired) electrons. The second kappa shape index (κ2) is 14.8. The van der Waals surface area contributed by atoms with Gasteiger partial charge in [-0.05, 0) is 51.2 Å². The van der Waals surface area contributed by atoms with Crippen molar-refractivity contribution in [2.75, 3.05) is 41.0 Å². The third-order valence-electron chi connectivity index (χ3n) is 6.02. The molecule has 0 aromatic carbocycles. The van der Waals surface area contributed by atoms with Gasteiger partial charge in [-0.2, -0.15) is 0 Å². The Morgan fingerprint density at radius 1 is 0.692 bits per heavy atom. The molecule has 0 unspecified atom stereocenters. The van der Waals surface area contributed by atoms with Crippen LogP contribution >= 0.6 is 0 Å². The van der Waals surface area contributed by atoms with Gasteiger partial charge in [0.2, 0.25) is 0 Å². The first kappa shape index (κ1) is 23.9. The molecule has 0 amide bonds. The van der Waals surface area contributed by atoms with Gasteiger partial charge in [-0.25, -0.2) is 0 Å². The highest BCUT2D eigenvalue weighted by Crippen LogP contribution is 2.21. The minimum absolute atomic E-state index is 0.798. The average Bonchev–Trinajstić information content (AvgIpc) is 2.67. The topological polar surface area (TPSA) is 30.9 Å². The molecule has 0 spiro atoms. The molecule has 0 N–H and O–H groups in total. The fourth-order valence-electron chi connectivity index (χ4n) is 3.93. The summed E-state index contributed by atoms with van der Waals surface area (Å²) < 4.78 is 16.0. The van der Waals surface area contributed by atoms with Gasteiger partial charge in [-0.3, -0.25) is 0 Å². The molecule has 0 aromatic heterocycles. The first-order chi connectivity index (χ1) is 12.7. The summed E-state index contributed by atoms with van der Waals surface area (Å²) in [6.07, 6.45) is 17.0. The molecule has 26 heavy (non-hydrogen) atoms. The second-order valence-electron chi connectivity index (χ2n) is 8.11. The Bertz CT molecular complexity index is 304. The van der Waals surface area contributed by atoms with Crippen molar-refractivity contribution in [3.05, 3.63) is 0 Å². The molecule has 1 aliphatic heterocycles. The summed E-state index contributed by atoms with van der Waals surface area (Å²) in [7, 11) is 4.92. The number of methoxy groups -OCH3 is 3. The highest BCUT2D eigenvalue weighted by atomic mass is 16.9. The third kappa shape index (κ3) is 10.2. The molecule has 0 aliphatic carbocycles. The van der Waals surface area contributed by atoms with E-state index in [1.165, 1.54) is 90.3 Å². The van der Waals surface area contributed by atoms with Crippen LogP contribution in [-0.2, 0) is 14.2 Å². The number of unbranched alkanes of at least 4 members (excludes halogenated alkanes) is 9. The Labute approximate surface area is 162 Å². The molecule has 1 saturated heterocycles. The van der Waals surface area contributed by atoms with Gasteiger partial charge in [0.05, 0.1) is 0 Å². The maximum absolute atomic E-state index is 5.32. The molecule has 156 valence electrons. The first-order valence-corrected chi connectivity index (χ1v) is 11.0. The summed E-state index contributed by atoms with van der Waals surface area (Å²) in [5, 5.41) is 0. The molecular weight excluding hydrogens is 326 g/mol. The highest BCUT2D eigenvalue weighted by molar-refractivity contribution is 4.69. The van der Waals surface area contributed by atoms with Crippen molar-refractivity contribution in [2.45, 2.75) is 96.4 Å². The third-order valence-corrected chi connectivity index (χ3v) is 6.02. The zero-order chi connectivity index (χ0) is 19.1. The van der Waals surface area contributed by atoms with Crippen molar-refractivity contribution in [1.29, 1.82) is 0 Å². The van der Waals surface area contributed by atoms with Crippen LogP contribution in [0.5, 0.6) is 0 Å². The quantitative estimate of drug-likeness (QED) is 0.261. The first-order valence-electron chi connectivity index (χ1n) is 11.0. The molecule has 0 bridgehead atoms. The number of likely N-dealkylation sites (tertiary alicyclic amines) is 1. The Morgan fingerprint density at radius 3 is 1.58 bits per heavy atom. The van der Waals surface area contributed by atoms with Gasteiger partial charge >= 0.3 is 0 Å². The van der Waals surface area contributed by atoms with Crippen LogP contribution in [0.15, 0.2) is 0 Å². The van der Waals surface area contributed by atoms with Gasteiger partial charge in [0.1, 0.15) is 0 Å². The monoisotopic (exact) mass is 371 g/mol. The molecule has 0 saturated carbocycles. The van der Waals surface area contributed by atoms with Crippen LogP contribution < -0.4 is 0 Å². The van der Waals surface area contributed by atoms with Gasteiger partial charge in [0.25, 0.3) is 5.97 Å². The molecule has 4 nitrogen and oxygen atoms in total. The van der Waals surface area contributed by atoms with Crippen LogP contribution in [0.1, 0.15) is 90.4 Å². The lowest BCUT2D eigenvalue weighted by molar-refractivity contribution is -0.355. The lowest BCUT2D eigenvalue weighted by Gasteiger charge is -2.30. The van der Waals surface area contributed by atoms with Gasteiger partial charge < -0.3 is 19.1 Å².